The summed E-state index contributed by atoms with van der Waals surface area (Å²) >= 11 is 0. The minimum absolute atomic E-state index is 0.123. The van der Waals surface area contributed by atoms with Gasteiger partial charge in [-0.05, 0) is 30.7 Å². The predicted octanol–water partition coefficient (Wildman–Crippen LogP) is 5.74. The minimum atomic E-state index is 0.123. The van der Waals surface area contributed by atoms with E-state index in [1.165, 1.54) is 43.6 Å². The van der Waals surface area contributed by atoms with Crippen molar-refractivity contribution in [2.75, 3.05) is 12.3 Å². The van der Waals surface area contributed by atoms with Crippen LogP contribution in [0.5, 0.6) is 0 Å². The average Bonchev–Trinajstić information content (AvgIpc) is 2.39. The lowest BCUT2D eigenvalue weighted by molar-refractivity contribution is 0.870. The molecule has 0 aromatic heterocycles. The van der Waals surface area contributed by atoms with Gasteiger partial charge in [0.15, 0.2) is 0 Å². The molecule has 0 aliphatic heterocycles. The minimum Gasteiger partial charge on any atom is -0.0832 e. The summed E-state index contributed by atoms with van der Waals surface area (Å²) in [5.41, 5.74) is 1.34. The fourth-order valence-corrected chi connectivity index (χ4v) is 4.09. The molecule has 1 heteroatoms. The van der Waals surface area contributed by atoms with Crippen molar-refractivity contribution in [3.8, 4) is 0 Å². The highest BCUT2D eigenvalue weighted by atomic mass is 31.1. The van der Waals surface area contributed by atoms with Gasteiger partial charge in [-0.3, -0.25) is 0 Å². The Hall–Kier alpha value is -0.610. The van der Waals surface area contributed by atoms with E-state index in [0.717, 1.165) is 0 Å². The van der Waals surface area contributed by atoms with Crippen LogP contribution >= 0.6 is 7.92 Å². The Morgan fingerprint density at radius 2 is 1.53 bits per heavy atom. The zero-order valence-corrected chi connectivity index (χ0v) is 12.1. The van der Waals surface area contributed by atoms with Crippen LogP contribution in [0, 0.1) is 0 Å². The summed E-state index contributed by atoms with van der Waals surface area (Å²) in [5, 5.41) is 0. The topological polar surface area (TPSA) is 0 Å². The van der Waals surface area contributed by atoms with E-state index in [9.17, 15) is 0 Å². The van der Waals surface area contributed by atoms with Crippen LogP contribution in [-0.4, -0.2) is 12.3 Å². The molecule has 0 bridgehead atoms. The standard InChI is InChI=1S/C16H25P/c1-3-5-13-17(14-6-4-2)15-12-16-10-8-7-9-11-16/h7-12,15H,3-6,13-14H2,1-2H3. The highest BCUT2D eigenvalue weighted by Gasteiger charge is 2.02. The molecule has 0 amide bonds. The third-order valence-corrected chi connectivity index (χ3v) is 5.23. The van der Waals surface area contributed by atoms with Gasteiger partial charge < -0.3 is 0 Å². The lowest BCUT2D eigenvalue weighted by atomic mass is 10.2. The van der Waals surface area contributed by atoms with E-state index < -0.39 is 0 Å². The highest BCUT2D eigenvalue weighted by molar-refractivity contribution is 7.61. The predicted molar refractivity (Wildman–Crippen MR) is 81.9 cm³/mol. The largest absolute Gasteiger partial charge is 0.0832 e. The first kappa shape index (κ1) is 14.5. The summed E-state index contributed by atoms with van der Waals surface area (Å²) in [6.07, 6.45) is 10.6. The molecule has 94 valence electrons. The van der Waals surface area contributed by atoms with E-state index >= 15 is 0 Å². The summed E-state index contributed by atoms with van der Waals surface area (Å²) in [6.45, 7) is 4.57. The molecule has 0 nitrogen and oxygen atoms in total. The van der Waals surface area contributed by atoms with Crippen LogP contribution in [0.2, 0.25) is 0 Å². The third kappa shape index (κ3) is 6.64. The van der Waals surface area contributed by atoms with Crippen LogP contribution in [0.15, 0.2) is 36.1 Å². The molecule has 0 saturated heterocycles. The maximum Gasteiger partial charge on any atom is -0.0256 e. The molecular formula is C16H25P. The van der Waals surface area contributed by atoms with E-state index in [1.54, 1.807) is 0 Å². The molecule has 1 aromatic carbocycles. The Labute approximate surface area is 108 Å². The van der Waals surface area contributed by atoms with E-state index in [0.29, 0.717) is 0 Å². The van der Waals surface area contributed by atoms with Crippen molar-refractivity contribution in [3.63, 3.8) is 0 Å². The van der Waals surface area contributed by atoms with Crippen LogP contribution in [0.25, 0.3) is 6.08 Å². The first-order valence-electron chi connectivity index (χ1n) is 6.84. The summed E-state index contributed by atoms with van der Waals surface area (Å²) in [6, 6.07) is 10.7. The fraction of sp³-hybridized carbons (Fsp3) is 0.500. The molecule has 0 saturated carbocycles. The van der Waals surface area contributed by atoms with Gasteiger partial charge in [0.05, 0.1) is 0 Å². The molecule has 0 atom stereocenters. The Morgan fingerprint density at radius 1 is 0.941 bits per heavy atom. The van der Waals surface area contributed by atoms with Crippen LogP contribution in [0.4, 0.5) is 0 Å². The van der Waals surface area contributed by atoms with E-state index in [4.69, 9.17) is 0 Å². The summed E-state index contributed by atoms with van der Waals surface area (Å²) < 4.78 is 0. The highest BCUT2D eigenvalue weighted by Crippen LogP contribution is 2.39. The molecule has 0 N–H and O–H groups in total. The van der Waals surface area contributed by atoms with Crippen molar-refractivity contribution in [2.45, 2.75) is 39.5 Å². The molecule has 0 radical (unpaired) electrons. The van der Waals surface area contributed by atoms with Gasteiger partial charge in [-0.1, -0.05) is 76.8 Å². The lowest BCUT2D eigenvalue weighted by Gasteiger charge is -2.12. The molecule has 0 spiro atoms. The molecule has 0 aliphatic carbocycles. The second kappa shape index (κ2) is 9.42. The lowest BCUT2D eigenvalue weighted by Crippen LogP contribution is -1.88. The van der Waals surface area contributed by atoms with Crippen molar-refractivity contribution in [2.24, 2.45) is 0 Å². The maximum atomic E-state index is 2.48. The molecule has 1 aromatic rings. The summed E-state index contributed by atoms with van der Waals surface area (Å²) in [7, 11) is 0.123. The Kier molecular flexibility index (Phi) is 8.01. The van der Waals surface area contributed by atoms with Gasteiger partial charge in [0.2, 0.25) is 0 Å². The third-order valence-electron chi connectivity index (χ3n) is 2.88. The van der Waals surface area contributed by atoms with Crippen LogP contribution < -0.4 is 0 Å². The van der Waals surface area contributed by atoms with Crippen molar-refractivity contribution in [1.82, 2.24) is 0 Å². The van der Waals surface area contributed by atoms with Gasteiger partial charge in [0, 0.05) is 0 Å². The van der Waals surface area contributed by atoms with E-state index in [2.05, 4.69) is 56.1 Å². The zero-order chi connectivity index (χ0) is 12.3. The van der Waals surface area contributed by atoms with E-state index in [1.807, 2.05) is 0 Å². The van der Waals surface area contributed by atoms with Crippen LogP contribution in [-0.2, 0) is 0 Å². The quantitative estimate of drug-likeness (QED) is 0.515. The van der Waals surface area contributed by atoms with Crippen molar-refractivity contribution < 1.29 is 0 Å². The van der Waals surface area contributed by atoms with Gasteiger partial charge in [-0.2, -0.15) is 0 Å². The van der Waals surface area contributed by atoms with Gasteiger partial charge >= 0.3 is 0 Å². The van der Waals surface area contributed by atoms with E-state index in [-0.39, 0.29) is 7.92 Å². The number of hydrogen-bond donors (Lipinski definition) is 0. The molecule has 0 heterocycles. The molecule has 17 heavy (non-hydrogen) atoms. The SMILES string of the molecule is CCCCP(C=Cc1ccccc1)CCCC. The number of rotatable bonds is 8. The van der Waals surface area contributed by atoms with Crippen LogP contribution in [0.3, 0.4) is 0 Å². The fourth-order valence-electron chi connectivity index (χ4n) is 1.74. The van der Waals surface area contributed by atoms with Gasteiger partial charge in [-0.15, -0.1) is 0 Å². The summed E-state index contributed by atoms with van der Waals surface area (Å²) in [4.78, 5) is 0. The molecule has 1 rings (SSSR count). The Bertz CT molecular complexity index is 295. The summed E-state index contributed by atoms with van der Waals surface area (Å²) in [5.74, 6) is 2.48. The Balaban J connectivity index is 2.49. The first-order chi connectivity index (χ1) is 8.36. The second-order valence-corrected chi connectivity index (χ2v) is 6.84. The van der Waals surface area contributed by atoms with Crippen LogP contribution in [0.1, 0.15) is 45.1 Å². The second-order valence-electron chi connectivity index (χ2n) is 4.47. The monoisotopic (exact) mass is 248 g/mol. The van der Waals surface area contributed by atoms with Crippen molar-refractivity contribution in [3.05, 3.63) is 41.7 Å². The zero-order valence-electron chi connectivity index (χ0n) is 11.2. The number of benzene rings is 1. The molecular weight excluding hydrogens is 223 g/mol. The van der Waals surface area contributed by atoms with Crippen molar-refractivity contribution >= 4 is 14.0 Å². The normalized spacial score (nSPS) is 11.5. The number of hydrogen-bond acceptors (Lipinski definition) is 0. The first-order valence-corrected chi connectivity index (χ1v) is 8.62. The molecule has 0 unspecified atom stereocenters. The number of unbranched alkanes of at least 4 members (excludes halogenated alkanes) is 2. The smallest absolute Gasteiger partial charge is 0.0256 e. The Morgan fingerprint density at radius 3 is 2.06 bits per heavy atom. The van der Waals surface area contributed by atoms with Crippen molar-refractivity contribution in [1.29, 1.82) is 0 Å². The molecule has 0 aliphatic rings. The van der Waals surface area contributed by atoms with Gasteiger partial charge in [-0.25, -0.2) is 0 Å². The van der Waals surface area contributed by atoms with Gasteiger partial charge in [0.25, 0.3) is 0 Å². The van der Waals surface area contributed by atoms with Gasteiger partial charge in [0.1, 0.15) is 0 Å². The maximum absolute atomic E-state index is 2.48. The molecule has 0 fully saturated rings. The average molecular weight is 248 g/mol.